The number of nitrogens with one attached hydrogen (secondary N) is 2. The summed E-state index contributed by atoms with van der Waals surface area (Å²) in [4.78, 5) is 15.3. The lowest BCUT2D eigenvalue weighted by atomic mass is 10.5. The van der Waals surface area contributed by atoms with Crippen molar-refractivity contribution in [3.63, 3.8) is 0 Å². The Morgan fingerprint density at radius 3 is 3.00 bits per heavy atom. The Hall–Kier alpha value is -1.60. The standard InChI is InChI=1S/C11H19N3O4/c1-3-17-10(15)9-8-18-11(14-9)13-5-4-12-6-7-16-2/h8,12H,3-7H2,1-2H3,(H,13,14). The van der Waals surface area contributed by atoms with Crippen LogP contribution in [0.2, 0.25) is 0 Å². The first-order valence-electron chi connectivity index (χ1n) is 5.84. The van der Waals surface area contributed by atoms with Crippen LogP contribution in [0.15, 0.2) is 10.7 Å². The number of hydrogen-bond acceptors (Lipinski definition) is 7. The third-order valence-electron chi connectivity index (χ3n) is 2.05. The molecule has 0 bridgehead atoms. The van der Waals surface area contributed by atoms with Crippen LogP contribution in [-0.4, -0.2) is 50.9 Å². The summed E-state index contributed by atoms with van der Waals surface area (Å²) >= 11 is 0. The van der Waals surface area contributed by atoms with Crippen molar-refractivity contribution in [3.8, 4) is 0 Å². The first kappa shape index (κ1) is 14.5. The molecule has 1 aromatic rings. The van der Waals surface area contributed by atoms with E-state index in [1.807, 2.05) is 0 Å². The minimum Gasteiger partial charge on any atom is -0.461 e. The summed E-state index contributed by atoms with van der Waals surface area (Å²) in [5, 5.41) is 6.11. The molecule has 1 heterocycles. The van der Waals surface area contributed by atoms with E-state index in [-0.39, 0.29) is 5.69 Å². The highest BCUT2D eigenvalue weighted by molar-refractivity contribution is 5.87. The van der Waals surface area contributed by atoms with E-state index >= 15 is 0 Å². The van der Waals surface area contributed by atoms with Gasteiger partial charge in [-0.15, -0.1) is 0 Å². The van der Waals surface area contributed by atoms with Crippen LogP contribution >= 0.6 is 0 Å². The molecule has 0 aliphatic carbocycles. The quantitative estimate of drug-likeness (QED) is 0.492. The largest absolute Gasteiger partial charge is 0.461 e. The number of ether oxygens (including phenoxy) is 2. The van der Waals surface area contributed by atoms with Crippen LogP contribution in [0.3, 0.4) is 0 Å². The van der Waals surface area contributed by atoms with Crippen LogP contribution < -0.4 is 10.6 Å². The van der Waals surface area contributed by atoms with E-state index in [1.165, 1.54) is 6.26 Å². The second kappa shape index (κ2) is 8.48. The van der Waals surface area contributed by atoms with Crippen molar-refractivity contribution in [1.82, 2.24) is 10.3 Å². The topological polar surface area (TPSA) is 85.6 Å². The zero-order chi connectivity index (χ0) is 13.2. The minimum atomic E-state index is -0.479. The molecule has 102 valence electrons. The Kier molecular flexibility index (Phi) is 6.82. The Bertz CT molecular complexity index is 354. The number of oxazole rings is 1. The zero-order valence-electron chi connectivity index (χ0n) is 10.7. The number of carbonyl (C=O) groups excluding carboxylic acids is 1. The van der Waals surface area contributed by atoms with E-state index in [2.05, 4.69) is 15.6 Å². The number of methoxy groups -OCH3 is 1. The maximum Gasteiger partial charge on any atom is 0.360 e. The average Bonchev–Trinajstić information content (AvgIpc) is 2.83. The molecule has 0 amide bonds. The van der Waals surface area contributed by atoms with Gasteiger partial charge in [-0.3, -0.25) is 0 Å². The minimum absolute atomic E-state index is 0.173. The van der Waals surface area contributed by atoms with Crippen LogP contribution in [0.5, 0.6) is 0 Å². The van der Waals surface area contributed by atoms with Gasteiger partial charge in [-0.05, 0) is 6.92 Å². The highest BCUT2D eigenvalue weighted by Gasteiger charge is 2.12. The van der Waals surface area contributed by atoms with Crippen LogP contribution in [0.1, 0.15) is 17.4 Å². The first-order chi connectivity index (χ1) is 8.77. The number of nitrogens with zero attached hydrogens (tertiary/aromatic N) is 1. The number of anilines is 1. The maximum absolute atomic E-state index is 11.3. The van der Waals surface area contributed by atoms with Gasteiger partial charge in [-0.1, -0.05) is 0 Å². The molecule has 1 rings (SSSR count). The van der Waals surface area contributed by atoms with E-state index in [1.54, 1.807) is 14.0 Å². The van der Waals surface area contributed by atoms with Gasteiger partial charge in [0.05, 0.1) is 13.2 Å². The van der Waals surface area contributed by atoms with Crippen LogP contribution in [0.25, 0.3) is 0 Å². The highest BCUT2D eigenvalue weighted by atomic mass is 16.5. The summed E-state index contributed by atoms with van der Waals surface area (Å²) in [5.41, 5.74) is 0.173. The van der Waals surface area contributed by atoms with Gasteiger partial charge in [-0.25, -0.2) is 4.79 Å². The Labute approximate surface area is 106 Å². The van der Waals surface area contributed by atoms with Crippen LogP contribution in [0, 0.1) is 0 Å². The van der Waals surface area contributed by atoms with Gasteiger partial charge < -0.3 is 24.5 Å². The molecule has 0 spiro atoms. The molecule has 0 fully saturated rings. The van der Waals surface area contributed by atoms with Gasteiger partial charge in [0.15, 0.2) is 5.69 Å². The summed E-state index contributed by atoms with van der Waals surface area (Å²) in [6.45, 7) is 4.91. The van der Waals surface area contributed by atoms with Gasteiger partial charge in [0.1, 0.15) is 6.26 Å². The molecule has 0 saturated heterocycles. The van der Waals surface area contributed by atoms with Crippen LogP contribution in [0.4, 0.5) is 6.01 Å². The van der Waals surface area contributed by atoms with Crippen LogP contribution in [-0.2, 0) is 9.47 Å². The maximum atomic E-state index is 11.3. The van der Waals surface area contributed by atoms with E-state index in [9.17, 15) is 4.79 Å². The molecule has 0 aromatic carbocycles. The fourth-order valence-electron chi connectivity index (χ4n) is 1.21. The number of esters is 1. The Balaban J connectivity index is 2.21. The number of rotatable bonds is 9. The third kappa shape index (κ3) is 5.15. The second-order valence-electron chi connectivity index (χ2n) is 3.43. The van der Waals surface area contributed by atoms with Gasteiger partial charge in [0, 0.05) is 26.7 Å². The summed E-state index contributed by atoms with van der Waals surface area (Å²) in [6.07, 6.45) is 1.28. The molecule has 7 nitrogen and oxygen atoms in total. The predicted molar refractivity (Wildman–Crippen MR) is 65.7 cm³/mol. The van der Waals surface area contributed by atoms with Crippen molar-refractivity contribution in [2.45, 2.75) is 6.92 Å². The Morgan fingerprint density at radius 2 is 2.28 bits per heavy atom. The lowest BCUT2D eigenvalue weighted by Gasteiger charge is -2.03. The molecule has 0 saturated carbocycles. The van der Waals surface area contributed by atoms with Gasteiger partial charge in [-0.2, -0.15) is 4.98 Å². The molecule has 0 aliphatic heterocycles. The van der Waals surface area contributed by atoms with Crippen molar-refractivity contribution in [3.05, 3.63) is 12.0 Å². The van der Waals surface area contributed by atoms with Gasteiger partial charge in [0.25, 0.3) is 6.01 Å². The second-order valence-corrected chi connectivity index (χ2v) is 3.43. The Morgan fingerprint density at radius 1 is 1.44 bits per heavy atom. The van der Waals surface area contributed by atoms with Crippen molar-refractivity contribution >= 4 is 12.0 Å². The fraction of sp³-hybridized carbons (Fsp3) is 0.636. The number of carbonyl (C=O) groups is 1. The SMILES string of the molecule is CCOC(=O)c1coc(NCCNCCOC)n1. The zero-order valence-corrected chi connectivity index (χ0v) is 10.7. The summed E-state index contributed by atoms with van der Waals surface area (Å²) in [5.74, 6) is -0.479. The van der Waals surface area contributed by atoms with Gasteiger partial charge in [0.2, 0.25) is 0 Å². The van der Waals surface area contributed by atoms with Crippen molar-refractivity contribution < 1.29 is 18.7 Å². The molecule has 0 unspecified atom stereocenters. The smallest absolute Gasteiger partial charge is 0.360 e. The molecule has 0 radical (unpaired) electrons. The monoisotopic (exact) mass is 257 g/mol. The molecular weight excluding hydrogens is 238 g/mol. The first-order valence-corrected chi connectivity index (χ1v) is 5.84. The normalized spacial score (nSPS) is 10.3. The van der Waals surface area contributed by atoms with E-state index in [0.717, 1.165) is 13.1 Å². The summed E-state index contributed by atoms with van der Waals surface area (Å²) < 4.78 is 14.8. The predicted octanol–water partition coefficient (Wildman–Crippen LogP) is 0.499. The average molecular weight is 257 g/mol. The lowest BCUT2D eigenvalue weighted by Crippen LogP contribution is -2.25. The number of hydrogen-bond donors (Lipinski definition) is 2. The molecule has 0 atom stereocenters. The molecule has 18 heavy (non-hydrogen) atoms. The van der Waals surface area contributed by atoms with E-state index in [4.69, 9.17) is 13.9 Å². The van der Waals surface area contributed by atoms with Crippen molar-refractivity contribution in [2.24, 2.45) is 0 Å². The number of aromatic nitrogens is 1. The lowest BCUT2D eigenvalue weighted by molar-refractivity contribution is 0.0519. The summed E-state index contributed by atoms with van der Waals surface area (Å²) in [6, 6.07) is 0.312. The van der Waals surface area contributed by atoms with Crippen molar-refractivity contribution in [1.29, 1.82) is 0 Å². The van der Waals surface area contributed by atoms with E-state index in [0.29, 0.717) is 25.8 Å². The third-order valence-corrected chi connectivity index (χ3v) is 2.05. The van der Waals surface area contributed by atoms with Gasteiger partial charge >= 0.3 is 5.97 Å². The molecule has 7 heteroatoms. The van der Waals surface area contributed by atoms with Crippen molar-refractivity contribution in [2.75, 3.05) is 45.3 Å². The molecule has 2 N–H and O–H groups in total. The summed E-state index contributed by atoms with van der Waals surface area (Å²) in [7, 11) is 1.66. The molecular formula is C11H19N3O4. The molecule has 1 aromatic heterocycles. The van der Waals surface area contributed by atoms with E-state index < -0.39 is 5.97 Å². The molecule has 0 aliphatic rings. The fourth-order valence-corrected chi connectivity index (χ4v) is 1.21. The highest BCUT2D eigenvalue weighted by Crippen LogP contribution is 2.07.